The predicted octanol–water partition coefficient (Wildman–Crippen LogP) is 1.56. The van der Waals surface area contributed by atoms with Gasteiger partial charge in [0.15, 0.2) is 0 Å². The van der Waals surface area contributed by atoms with Crippen LogP contribution < -0.4 is 5.73 Å². The topological polar surface area (TPSA) is 72.6 Å². The van der Waals surface area contributed by atoms with Gasteiger partial charge in [0.05, 0.1) is 11.5 Å². The van der Waals surface area contributed by atoms with Crippen molar-refractivity contribution in [3.8, 4) is 0 Å². The molecule has 2 N–H and O–H groups in total. The molecule has 0 fully saturated rings. The first-order chi connectivity index (χ1) is 8.87. The molecule has 0 aliphatic heterocycles. The summed E-state index contributed by atoms with van der Waals surface area (Å²) >= 11 is 0. The van der Waals surface area contributed by atoms with Crippen LogP contribution in [-0.4, -0.2) is 39.5 Å². The summed E-state index contributed by atoms with van der Waals surface area (Å²) in [6, 6.07) is 6.36. The molecule has 0 aromatic heterocycles. The SMILES string of the molecule is COCCN(CC(C)C)S(=O)(=O)c1cccc(N)c1. The van der Waals surface area contributed by atoms with Crippen molar-refractivity contribution in [2.75, 3.05) is 32.5 Å². The van der Waals surface area contributed by atoms with Gasteiger partial charge in [0.25, 0.3) is 0 Å². The molecular formula is C13H22N2O3S. The highest BCUT2D eigenvalue weighted by Gasteiger charge is 2.24. The molecule has 0 saturated carbocycles. The molecule has 6 heteroatoms. The minimum absolute atomic E-state index is 0.226. The van der Waals surface area contributed by atoms with Crippen molar-refractivity contribution in [2.24, 2.45) is 5.92 Å². The molecule has 1 rings (SSSR count). The van der Waals surface area contributed by atoms with E-state index < -0.39 is 10.0 Å². The number of hydrogen-bond donors (Lipinski definition) is 1. The molecule has 108 valence electrons. The summed E-state index contributed by atoms with van der Waals surface area (Å²) < 4.78 is 31.5. The van der Waals surface area contributed by atoms with E-state index in [1.54, 1.807) is 25.3 Å². The molecule has 0 heterocycles. The van der Waals surface area contributed by atoms with Crippen LogP contribution in [0.4, 0.5) is 5.69 Å². The van der Waals surface area contributed by atoms with Crippen LogP contribution >= 0.6 is 0 Å². The Kier molecular flexibility index (Phi) is 5.78. The number of nitrogens with zero attached hydrogens (tertiary/aromatic N) is 1. The minimum Gasteiger partial charge on any atom is -0.399 e. The fraction of sp³-hybridized carbons (Fsp3) is 0.538. The number of ether oxygens (including phenoxy) is 1. The Morgan fingerprint density at radius 1 is 1.37 bits per heavy atom. The number of sulfonamides is 1. The Labute approximate surface area is 115 Å². The molecule has 0 aliphatic rings. The van der Waals surface area contributed by atoms with Gasteiger partial charge in [-0.2, -0.15) is 4.31 Å². The second-order valence-electron chi connectivity index (χ2n) is 4.82. The van der Waals surface area contributed by atoms with Crippen molar-refractivity contribution < 1.29 is 13.2 Å². The zero-order chi connectivity index (χ0) is 14.5. The summed E-state index contributed by atoms with van der Waals surface area (Å²) in [6.07, 6.45) is 0. The fourth-order valence-corrected chi connectivity index (χ4v) is 3.38. The number of benzene rings is 1. The highest BCUT2D eigenvalue weighted by atomic mass is 32.2. The van der Waals surface area contributed by atoms with Gasteiger partial charge in [0.1, 0.15) is 0 Å². The molecule has 1 aromatic rings. The van der Waals surface area contributed by atoms with Crippen LogP contribution in [0, 0.1) is 5.92 Å². The van der Waals surface area contributed by atoms with Crippen molar-refractivity contribution in [1.82, 2.24) is 4.31 Å². The molecule has 1 aromatic carbocycles. The Hall–Kier alpha value is -1.11. The molecule has 0 aliphatic carbocycles. The minimum atomic E-state index is -3.52. The molecular weight excluding hydrogens is 264 g/mol. The van der Waals surface area contributed by atoms with Crippen molar-refractivity contribution in [3.63, 3.8) is 0 Å². The van der Waals surface area contributed by atoms with Crippen molar-refractivity contribution in [3.05, 3.63) is 24.3 Å². The third-order valence-corrected chi connectivity index (χ3v) is 4.47. The first-order valence-corrected chi connectivity index (χ1v) is 7.66. The number of hydrogen-bond acceptors (Lipinski definition) is 4. The molecule has 0 radical (unpaired) electrons. The third kappa shape index (κ3) is 4.49. The highest BCUT2D eigenvalue weighted by molar-refractivity contribution is 7.89. The molecule has 0 saturated heterocycles. The van der Waals surface area contributed by atoms with Gasteiger partial charge in [0, 0.05) is 25.9 Å². The molecule has 0 atom stereocenters. The number of anilines is 1. The summed E-state index contributed by atoms with van der Waals surface area (Å²) in [5, 5.41) is 0. The van der Waals surface area contributed by atoms with Crippen LogP contribution in [0.1, 0.15) is 13.8 Å². The number of methoxy groups -OCH3 is 1. The normalized spacial score (nSPS) is 12.3. The Morgan fingerprint density at radius 3 is 2.58 bits per heavy atom. The molecule has 19 heavy (non-hydrogen) atoms. The third-order valence-electron chi connectivity index (χ3n) is 2.61. The largest absolute Gasteiger partial charge is 0.399 e. The van der Waals surface area contributed by atoms with Gasteiger partial charge in [-0.25, -0.2) is 8.42 Å². The van der Waals surface area contributed by atoms with E-state index in [0.29, 0.717) is 25.4 Å². The van der Waals surface area contributed by atoms with Gasteiger partial charge in [-0.05, 0) is 24.1 Å². The lowest BCUT2D eigenvalue weighted by molar-refractivity contribution is 0.175. The second-order valence-corrected chi connectivity index (χ2v) is 6.76. The molecule has 0 amide bonds. The van der Waals surface area contributed by atoms with Crippen LogP contribution in [0.3, 0.4) is 0 Å². The van der Waals surface area contributed by atoms with E-state index in [1.165, 1.54) is 10.4 Å². The number of rotatable bonds is 7. The van der Waals surface area contributed by atoms with Crippen molar-refractivity contribution >= 4 is 15.7 Å². The zero-order valence-electron chi connectivity index (χ0n) is 11.7. The van der Waals surface area contributed by atoms with Crippen LogP contribution in [0.25, 0.3) is 0 Å². The maximum atomic E-state index is 12.5. The smallest absolute Gasteiger partial charge is 0.243 e. The average Bonchev–Trinajstić information content (AvgIpc) is 2.34. The summed E-state index contributed by atoms with van der Waals surface area (Å²) in [7, 11) is -1.96. The van der Waals surface area contributed by atoms with Crippen LogP contribution in [-0.2, 0) is 14.8 Å². The first kappa shape index (κ1) is 15.9. The fourth-order valence-electron chi connectivity index (χ4n) is 1.73. The lowest BCUT2D eigenvalue weighted by atomic mass is 10.2. The van der Waals surface area contributed by atoms with E-state index in [-0.39, 0.29) is 10.8 Å². The Balaban J connectivity index is 3.04. The Bertz CT molecular complexity index is 500. The van der Waals surface area contributed by atoms with Crippen LogP contribution in [0.2, 0.25) is 0 Å². The van der Waals surface area contributed by atoms with E-state index >= 15 is 0 Å². The van der Waals surface area contributed by atoms with Gasteiger partial charge < -0.3 is 10.5 Å². The van der Waals surface area contributed by atoms with Gasteiger partial charge in [-0.1, -0.05) is 19.9 Å². The van der Waals surface area contributed by atoms with E-state index in [4.69, 9.17) is 10.5 Å². The van der Waals surface area contributed by atoms with Gasteiger partial charge >= 0.3 is 0 Å². The number of nitrogens with two attached hydrogens (primary N) is 1. The van der Waals surface area contributed by atoms with Crippen molar-refractivity contribution in [2.45, 2.75) is 18.7 Å². The second kappa shape index (κ2) is 6.88. The molecule has 5 nitrogen and oxygen atoms in total. The summed E-state index contributed by atoms with van der Waals surface area (Å²) in [5.41, 5.74) is 6.09. The van der Waals surface area contributed by atoms with Crippen LogP contribution in [0.5, 0.6) is 0 Å². The summed E-state index contributed by atoms with van der Waals surface area (Å²) in [6.45, 7) is 5.13. The lowest BCUT2D eigenvalue weighted by Crippen LogP contribution is -2.36. The van der Waals surface area contributed by atoms with Gasteiger partial charge in [0.2, 0.25) is 10.0 Å². The van der Waals surface area contributed by atoms with Crippen molar-refractivity contribution in [1.29, 1.82) is 0 Å². The summed E-state index contributed by atoms with van der Waals surface area (Å²) in [4.78, 5) is 0.226. The molecule has 0 bridgehead atoms. The Morgan fingerprint density at radius 2 is 2.05 bits per heavy atom. The van der Waals surface area contributed by atoms with Gasteiger partial charge in [-0.15, -0.1) is 0 Å². The summed E-state index contributed by atoms with van der Waals surface area (Å²) in [5.74, 6) is 0.243. The number of nitrogen functional groups attached to an aromatic ring is 1. The van der Waals surface area contributed by atoms with Crippen LogP contribution in [0.15, 0.2) is 29.2 Å². The average molecular weight is 286 g/mol. The maximum absolute atomic E-state index is 12.5. The van der Waals surface area contributed by atoms with E-state index in [9.17, 15) is 8.42 Å². The zero-order valence-corrected chi connectivity index (χ0v) is 12.5. The van der Waals surface area contributed by atoms with E-state index in [0.717, 1.165) is 0 Å². The predicted molar refractivity (Wildman–Crippen MR) is 76.3 cm³/mol. The monoisotopic (exact) mass is 286 g/mol. The molecule has 0 unspecified atom stereocenters. The standard InChI is InChI=1S/C13H22N2O3S/c1-11(2)10-15(7-8-18-3)19(16,17)13-6-4-5-12(14)9-13/h4-6,9,11H,7-8,10,14H2,1-3H3. The quantitative estimate of drug-likeness (QED) is 0.772. The van der Waals surface area contributed by atoms with E-state index in [1.807, 2.05) is 13.8 Å². The van der Waals surface area contributed by atoms with Gasteiger partial charge in [-0.3, -0.25) is 0 Å². The molecule has 0 spiro atoms. The highest BCUT2D eigenvalue weighted by Crippen LogP contribution is 2.19. The maximum Gasteiger partial charge on any atom is 0.243 e. The van der Waals surface area contributed by atoms with E-state index in [2.05, 4.69) is 0 Å². The first-order valence-electron chi connectivity index (χ1n) is 6.22. The lowest BCUT2D eigenvalue weighted by Gasteiger charge is -2.23.